The molecule has 1 aromatic heterocycles. The lowest BCUT2D eigenvalue weighted by Crippen LogP contribution is -2.22. The van der Waals surface area contributed by atoms with Crippen molar-refractivity contribution in [3.05, 3.63) is 105 Å². The minimum Gasteiger partial charge on any atom is -0.448 e. The van der Waals surface area contributed by atoms with Gasteiger partial charge in [-0.1, -0.05) is 66.0 Å². The maximum Gasteiger partial charge on any atom is 0.231 e. The first-order chi connectivity index (χ1) is 17.5. The molecule has 0 amide bonds. The van der Waals surface area contributed by atoms with Crippen LogP contribution in [0.5, 0.6) is 0 Å². The molecule has 5 nitrogen and oxygen atoms in total. The molecule has 36 heavy (non-hydrogen) atoms. The van der Waals surface area contributed by atoms with Gasteiger partial charge in [0, 0.05) is 21.3 Å². The molecule has 0 bridgehead atoms. The third-order valence-electron chi connectivity index (χ3n) is 6.86. The molecular weight excluding hydrogens is 515 g/mol. The summed E-state index contributed by atoms with van der Waals surface area (Å²) >= 11 is 18.9. The van der Waals surface area contributed by atoms with Crippen LogP contribution >= 0.6 is 34.8 Å². The zero-order valence-electron chi connectivity index (χ0n) is 19.5. The van der Waals surface area contributed by atoms with Crippen molar-refractivity contribution in [1.82, 2.24) is 15.0 Å². The summed E-state index contributed by atoms with van der Waals surface area (Å²) in [6, 6.07) is 23.4. The molecule has 1 aliphatic heterocycles. The Morgan fingerprint density at radius 3 is 2.25 bits per heavy atom. The van der Waals surface area contributed by atoms with Gasteiger partial charge < -0.3 is 4.74 Å². The Kier molecular flexibility index (Phi) is 5.95. The first-order valence-corrected chi connectivity index (χ1v) is 13.0. The largest absolute Gasteiger partial charge is 0.448 e. The molecule has 8 heteroatoms. The third-order valence-corrected chi connectivity index (χ3v) is 7.69. The zero-order valence-corrected chi connectivity index (χ0v) is 21.8. The van der Waals surface area contributed by atoms with Crippen LogP contribution in [-0.4, -0.2) is 15.4 Å². The number of halogens is 3. The second-order valence-electron chi connectivity index (χ2n) is 9.05. The van der Waals surface area contributed by atoms with Gasteiger partial charge >= 0.3 is 0 Å². The van der Waals surface area contributed by atoms with Crippen molar-refractivity contribution >= 4 is 40.7 Å². The summed E-state index contributed by atoms with van der Waals surface area (Å²) in [6.45, 7) is 2.11. The highest BCUT2D eigenvalue weighted by atomic mass is 35.5. The zero-order chi connectivity index (χ0) is 24.9. The van der Waals surface area contributed by atoms with E-state index in [0.717, 1.165) is 53.3 Å². The number of aromatic nitrogens is 2. The van der Waals surface area contributed by atoms with Gasteiger partial charge in [-0.05, 0) is 73.4 Å². The second kappa shape index (κ2) is 9.15. The summed E-state index contributed by atoms with van der Waals surface area (Å²) in [5.41, 5.74) is 7.73. The average Bonchev–Trinajstić information content (AvgIpc) is 3.38. The van der Waals surface area contributed by atoms with E-state index in [1.807, 2.05) is 60.7 Å². The normalized spacial score (nSPS) is 17.9. The van der Waals surface area contributed by atoms with Crippen molar-refractivity contribution < 1.29 is 4.74 Å². The van der Waals surface area contributed by atoms with Crippen LogP contribution in [0.25, 0.3) is 17.1 Å². The van der Waals surface area contributed by atoms with E-state index in [2.05, 4.69) is 34.2 Å². The van der Waals surface area contributed by atoms with Crippen molar-refractivity contribution in [2.45, 2.75) is 37.8 Å². The number of nitrogens with one attached hydrogen (secondary N) is 1. The molecule has 1 aliphatic carbocycles. The fourth-order valence-corrected chi connectivity index (χ4v) is 5.32. The second-order valence-corrected chi connectivity index (χ2v) is 10.3. The maximum absolute atomic E-state index is 6.62. The topological polar surface area (TPSA) is 51.4 Å². The molecule has 0 radical (unpaired) electrons. The van der Waals surface area contributed by atoms with Gasteiger partial charge in [0.25, 0.3) is 0 Å². The Morgan fingerprint density at radius 2 is 1.61 bits per heavy atom. The number of imidazole rings is 1. The lowest BCUT2D eigenvalue weighted by Gasteiger charge is -2.17. The molecule has 2 aliphatic rings. The van der Waals surface area contributed by atoms with Crippen LogP contribution in [0.15, 0.2) is 77.9 Å². The van der Waals surface area contributed by atoms with Crippen LogP contribution in [-0.2, 0) is 16.6 Å². The summed E-state index contributed by atoms with van der Waals surface area (Å²) in [6.07, 6.45) is 2.18. The highest BCUT2D eigenvalue weighted by molar-refractivity contribution is 6.33. The van der Waals surface area contributed by atoms with Gasteiger partial charge in [0.2, 0.25) is 12.1 Å². The fraction of sp³-hybridized carbons (Fsp3) is 0.214. The summed E-state index contributed by atoms with van der Waals surface area (Å²) in [5, 5.41) is 6.65. The lowest BCUT2D eigenvalue weighted by atomic mass is 9.96. The summed E-state index contributed by atoms with van der Waals surface area (Å²) in [7, 11) is 0. The van der Waals surface area contributed by atoms with Crippen molar-refractivity contribution in [3.8, 4) is 17.1 Å². The molecule has 1 N–H and O–H groups in total. The molecule has 4 aromatic rings. The molecule has 0 saturated heterocycles. The van der Waals surface area contributed by atoms with Gasteiger partial charge in [-0.3, -0.25) is 9.99 Å². The molecule has 1 atom stereocenters. The lowest BCUT2D eigenvalue weighted by molar-refractivity contribution is 0.177. The van der Waals surface area contributed by atoms with Crippen molar-refractivity contribution in [3.63, 3.8) is 0 Å². The number of hydrazone groups is 1. The van der Waals surface area contributed by atoms with E-state index >= 15 is 0 Å². The number of ether oxygens (including phenoxy) is 1. The van der Waals surface area contributed by atoms with Crippen molar-refractivity contribution in [2.75, 3.05) is 0 Å². The van der Waals surface area contributed by atoms with E-state index in [9.17, 15) is 0 Å². The molecule has 6 rings (SSSR count). The monoisotopic (exact) mass is 536 g/mol. The summed E-state index contributed by atoms with van der Waals surface area (Å²) in [4.78, 5) is 5.08. The number of hydrogen-bond acceptors (Lipinski definition) is 4. The highest BCUT2D eigenvalue weighted by Crippen LogP contribution is 2.51. The Labute approximate surface area is 224 Å². The minimum atomic E-state index is -0.505. The molecule has 0 spiro atoms. The molecule has 1 saturated carbocycles. The predicted octanol–water partition coefficient (Wildman–Crippen LogP) is 7.73. The minimum absolute atomic E-state index is 0.219. The van der Waals surface area contributed by atoms with Gasteiger partial charge in [-0.2, -0.15) is 0 Å². The first kappa shape index (κ1) is 23.4. The van der Waals surface area contributed by atoms with Crippen molar-refractivity contribution in [2.24, 2.45) is 5.10 Å². The summed E-state index contributed by atoms with van der Waals surface area (Å²) < 4.78 is 8.59. The van der Waals surface area contributed by atoms with Gasteiger partial charge in [0.1, 0.15) is 11.5 Å². The number of benzene rings is 3. The van der Waals surface area contributed by atoms with Crippen LogP contribution in [0, 0.1) is 0 Å². The number of rotatable bonds is 6. The van der Waals surface area contributed by atoms with Crippen LogP contribution in [0.1, 0.15) is 42.9 Å². The first-order valence-electron chi connectivity index (χ1n) is 11.9. The van der Waals surface area contributed by atoms with Crippen molar-refractivity contribution in [1.29, 1.82) is 0 Å². The standard InChI is InChI=1S/C28H23Cl3N4O/c1-2-23-24(26-33-34-27(36-26)28(15-16-28)17-7-9-18(29)10-8-17)32-25(21-5-3-4-6-22(21)31)35(23)20-13-11-19(30)12-14-20/h3-14,26,33H,2,15-16H2,1H3. The van der Waals surface area contributed by atoms with Gasteiger partial charge in [0.15, 0.2) is 0 Å². The fourth-order valence-electron chi connectivity index (χ4n) is 4.85. The number of nitrogens with zero attached hydrogens (tertiary/aromatic N) is 3. The van der Waals surface area contributed by atoms with Crippen LogP contribution in [0.3, 0.4) is 0 Å². The van der Waals surface area contributed by atoms with E-state index in [1.165, 1.54) is 0 Å². The van der Waals surface area contributed by atoms with E-state index in [4.69, 9.17) is 44.5 Å². The van der Waals surface area contributed by atoms with Gasteiger partial charge in [-0.25, -0.2) is 4.98 Å². The smallest absolute Gasteiger partial charge is 0.231 e. The Balaban J connectivity index is 1.41. The van der Waals surface area contributed by atoms with E-state index in [0.29, 0.717) is 21.0 Å². The summed E-state index contributed by atoms with van der Waals surface area (Å²) in [5.74, 6) is 1.43. The highest BCUT2D eigenvalue weighted by Gasteiger charge is 2.53. The van der Waals surface area contributed by atoms with Crippen LogP contribution < -0.4 is 5.43 Å². The molecule has 3 aromatic carbocycles. The Morgan fingerprint density at radius 1 is 0.944 bits per heavy atom. The van der Waals surface area contributed by atoms with Crippen LogP contribution in [0.4, 0.5) is 0 Å². The Bertz CT molecular complexity index is 1460. The van der Waals surface area contributed by atoms with E-state index in [-0.39, 0.29) is 5.41 Å². The van der Waals surface area contributed by atoms with E-state index < -0.39 is 6.23 Å². The SMILES string of the molecule is CCc1c(C2NN=C(C3(c4ccc(Cl)cc4)CC3)O2)nc(-c2ccccc2Cl)n1-c1ccc(Cl)cc1. The molecule has 1 unspecified atom stereocenters. The van der Waals surface area contributed by atoms with E-state index in [1.54, 1.807) is 0 Å². The average molecular weight is 538 g/mol. The molecule has 1 fully saturated rings. The van der Waals surface area contributed by atoms with Crippen LogP contribution in [0.2, 0.25) is 15.1 Å². The Hall–Kier alpha value is -2.99. The third kappa shape index (κ3) is 3.96. The predicted molar refractivity (Wildman–Crippen MR) is 145 cm³/mol. The van der Waals surface area contributed by atoms with Gasteiger partial charge in [0.05, 0.1) is 16.1 Å². The molecular formula is C28H23Cl3N4O. The van der Waals surface area contributed by atoms with Gasteiger partial charge in [-0.15, -0.1) is 5.10 Å². The molecule has 2 heterocycles. The number of hydrogen-bond donors (Lipinski definition) is 1. The quantitative estimate of drug-likeness (QED) is 0.274. The maximum atomic E-state index is 6.62. The molecule has 182 valence electrons.